The van der Waals surface area contributed by atoms with E-state index in [1.165, 1.54) is 4.68 Å². The molecular weight excluding hydrogens is 238 g/mol. The molecule has 0 aliphatic rings. The largest absolute Gasteiger partial charge is 0.380 e. The summed E-state index contributed by atoms with van der Waals surface area (Å²) in [6.45, 7) is 8.23. The van der Waals surface area contributed by atoms with Gasteiger partial charge in [0.15, 0.2) is 0 Å². The van der Waals surface area contributed by atoms with E-state index in [-0.39, 0.29) is 16.6 Å². The molecule has 0 aliphatic carbocycles. The first-order valence-corrected chi connectivity index (χ1v) is 6.11. The van der Waals surface area contributed by atoms with Crippen LogP contribution in [0.5, 0.6) is 0 Å². The van der Waals surface area contributed by atoms with Gasteiger partial charge in [-0.2, -0.15) is 5.10 Å². The molecule has 17 heavy (non-hydrogen) atoms. The molecule has 0 saturated heterocycles. The van der Waals surface area contributed by atoms with Gasteiger partial charge in [-0.05, 0) is 19.8 Å². The van der Waals surface area contributed by atoms with Gasteiger partial charge in [-0.1, -0.05) is 24.6 Å². The predicted molar refractivity (Wildman–Crippen MR) is 71.7 cm³/mol. The lowest BCUT2D eigenvalue weighted by atomic mass is 10.2. The number of rotatable bonds is 6. The first-order valence-electron chi connectivity index (χ1n) is 5.73. The minimum absolute atomic E-state index is 0.174. The lowest BCUT2D eigenvalue weighted by molar-refractivity contribution is 0.568. The van der Waals surface area contributed by atoms with Crippen LogP contribution in [0.3, 0.4) is 0 Å². The van der Waals surface area contributed by atoms with Gasteiger partial charge in [0.2, 0.25) is 0 Å². The molecule has 1 aromatic rings. The molecule has 5 heteroatoms. The van der Waals surface area contributed by atoms with Crippen molar-refractivity contribution in [2.75, 3.05) is 5.32 Å². The minimum Gasteiger partial charge on any atom is -0.380 e. The van der Waals surface area contributed by atoms with E-state index in [2.05, 4.69) is 17.0 Å². The Kier molecular flexibility index (Phi) is 5.22. The lowest BCUT2D eigenvalue weighted by Gasteiger charge is -2.14. The Labute approximate surface area is 106 Å². The summed E-state index contributed by atoms with van der Waals surface area (Å²) < 4.78 is 1.38. The summed E-state index contributed by atoms with van der Waals surface area (Å²) in [5.41, 5.74) is 0.336. The molecule has 1 unspecified atom stereocenters. The third-order valence-corrected chi connectivity index (χ3v) is 2.71. The smallest absolute Gasteiger partial charge is 0.287 e. The highest BCUT2D eigenvalue weighted by Crippen LogP contribution is 2.17. The average Bonchev–Trinajstić information content (AvgIpc) is 2.29. The number of halogens is 1. The summed E-state index contributed by atoms with van der Waals surface area (Å²) in [6.07, 6.45) is 5.06. The topological polar surface area (TPSA) is 46.9 Å². The van der Waals surface area contributed by atoms with Crippen LogP contribution in [0.4, 0.5) is 5.69 Å². The van der Waals surface area contributed by atoms with Crippen molar-refractivity contribution in [1.29, 1.82) is 0 Å². The molecule has 0 bridgehead atoms. The van der Waals surface area contributed by atoms with Crippen LogP contribution in [0.1, 0.15) is 26.7 Å². The maximum absolute atomic E-state index is 11.8. The Hall–Kier alpha value is -1.29. The normalized spacial score (nSPS) is 12.2. The summed E-state index contributed by atoms with van der Waals surface area (Å²) >= 11 is 6.02. The van der Waals surface area contributed by atoms with Gasteiger partial charge in [0.05, 0.1) is 11.9 Å². The monoisotopic (exact) mass is 255 g/mol. The van der Waals surface area contributed by atoms with E-state index in [0.29, 0.717) is 12.2 Å². The van der Waals surface area contributed by atoms with Crippen molar-refractivity contribution in [3.05, 3.63) is 34.2 Å². The molecular formula is C12H18ClN3O. The molecule has 1 heterocycles. The van der Waals surface area contributed by atoms with Gasteiger partial charge in [0, 0.05) is 12.6 Å². The van der Waals surface area contributed by atoms with Crippen LogP contribution in [0.2, 0.25) is 5.02 Å². The molecule has 0 amide bonds. The minimum atomic E-state index is -0.246. The van der Waals surface area contributed by atoms with Crippen molar-refractivity contribution in [3.63, 3.8) is 0 Å². The summed E-state index contributed by atoms with van der Waals surface area (Å²) in [5, 5.41) is 7.41. The van der Waals surface area contributed by atoms with E-state index in [9.17, 15) is 4.79 Å². The molecule has 0 saturated carbocycles. The van der Waals surface area contributed by atoms with Gasteiger partial charge in [-0.25, -0.2) is 4.68 Å². The number of hydrogen-bond acceptors (Lipinski definition) is 3. The predicted octanol–water partition coefficient (Wildman–Crippen LogP) is 2.68. The highest BCUT2D eigenvalue weighted by atomic mass is 35.5. The number of hydrogen-bond donors (Lipinski definition) is 1. The zero-order chi connectivity index (χ0) is 12.8. The second-order valence-electron chi connectivity index (χ2n) is 3.97. The number of nitrogens with one attached hydrogen (secondary N) is 1. The molecule has 4 nitrogen and oxygen atoms in total. The van der Waals surface area contributed by atoms with Gasteiger partial charge in [0.1, 0.15) is 5.02 Å². The van der Waals surface area contributed by atoms with Gasteiger partial charge in [-0.3, -0.25) is 4.79 Å². The average molecular weight is 256 g/mol. The van der Waals surface area contributed by atoms with Crippen LogP contribution in [-0.4, -0.2) is 15.8 Å². The highest BCUT2D eigenvalue weighted by Gasteiger charge is 2.10. The van der Waals surface area contributed by atoms with Crippen molar-refractivity contribution in [1.82, 2.24) is 9.78 Å². The molecule has 1 aromatic heterocycles. The number of aryl methyl sites for hydroxylation is 1. The Bertz CT molecular complexity index is 442. The molecule has 0 aliphatic heterocycles. The van der Waals surface area contributed by atoms with Crippen LogP contribution in [0.25, 0.3) is 0 Å². The lowest BCUT2D eigenvalue weighted by Crippen LogP contribution is -2.25. The first-order chi connectivity index (χ1) is 8.10. The van der Waals surface area contributed by atoms with E-state index in [1.54, 1.807) is 6.20 Å². The van der Waals surface area contributed by atoms with E-state index in [4.69, 9.17) is 11.6 Å². The molecule has 0 aromatic carbocycles. The summed E-state index contributed by atoms with van der Waals surface area (Å²) in [6, 6.07) is 0.174. The molecule has 1 rings (SSSR count). The van der Waals surface area contributed by atoms with Crippen LogP contribution >= 0.6 is 11.6 Å². The molecule has 0 radical (unpaired) electrons. The van der Waals surface area contributed by atoms with E-state index >= 15 is 0 Å². The van der Waals surface area contributed by atoms with Crippen LogP contribution in [-0.2, 0) is 6.54 Å². The number of nitrogens with zero attached hydrogens (tertiary/aromatic N) is 2. The molecule has 1 N–H and O–H groups in total. The molecule has 94 valence electrons. The van der Waals surface area contributed by atoms with E-state index in [1.807, 2.05) is 19.9 Å². The maximum atomic E-state index is 11.8. The Morgan fingerprint density at radius 3 is 3.00 bits per heavy atom. The Balaban J connectivity index is 2.92. The fourth-order valence-electron chi connectivity index (χ4n) is 1.51. The van der Waals surface area contributed by atoms with Crippen molar-refractivity contribution in [2.45, 2.75) is 39.3 Å². The third kappa shape index (κ3) is 3.60. The SMILES string of the molecule is C=CCC(C)Nc1cnn(CCC)c(=O)c1Cl. The maximum Gasteiger partial charge on any atom is 0.287 e. The van der Waals surface area contributed by atoms with Crippen molar-refractivity contribution >= 4 is 17.3 Å². The number of aromatic nitrogens is 2. The van der Waals surface area contributed by atoms with Gasteiger partial charge >= 0.3 is 0 Å². The van der Waals surface area contributed by atoms with Gasteiger partial charge in [-0.15, -0.1) is 6.58 Å². The zero-order valence-electron chi connectivity index (χ0n) is 10.2. The summed E-state index contributed by atoms with van der Waals surface area (Å²) in [5.74, 6) is 0. The highest BCUT2D eigenvalue weighted by molar-refractivity contribution is 6.32. The second-order valence-corrected chi connectivity index (χ2v) is 4.35. The fourth-order valence-corrected chi connectivity index (χ4v) is 1.71. The van der Waals surface area contributed by atoms with Gasteiger partial charge < -0.3 is 5.32 Å². The van der Waals surface area contributed by atoms with E-state index in [0.717, 1.165) is 12.8 Å². The summed E-state index contributed by atoms with van der Waals surface area (Å²) in [4.78, 5) is 11.8. The first kappa shape index (κ1) is 13.8. The van der Waals surface area contributed by atoms with E-state index < -0.39 is 0 Å². The fraction of sp³-hybridized carbons (Fsp3) is 0.500. The van der Waals surface area contributed by atoms with Crippen LogP contribution in [0, 0.1) is 0 Å². The van der Waals surface area contributed by atoms with Crippen molar-refractivity contribution < 1.29 is 0 Å². The van der Waals surface area contributed by atoms with Crippen LogP contribution in [0.15, 0.2) is 23.6 Å². The zero-order valence-corrected chi connectivity index (χ0v) is 11.0. The quantitative estimate of drug-likeness (QED) is 0.795. The molecule has 1 atom stereocenters. The van der Waals surface area contributed by atoms with Crippen molar-refractivity contribution in [3.8, 4) is 0 Å². The second kappa shape index (κ2) is 6.45. The Morgan fingerprint density at radius 2 is 2.41 bits per heavy atom. The van der Waals surface area contributed by atoms with Crippen molar-refractivity contribution in [2.24, 2.45) is 0 Å². The summed E-state index contributed by atoms with van der Waals surface area (Å²) in [7, 11) is 0. The van der Waals surface area contributed by atoms with Gasteiger partial charge in [0.25, 0.3) is 5.56 Å². The standard InChI is InChI=1S/C12H18ClN3O/c1-4-6-9(3)15-10-8-14-16(7-5-2)12(17)11(10)13/h4,8-9,15H,1,5-7H2,2-3H3. The molecule has 0 spiro atoms. The Morgan fingerprint density at radius 1 is 1.71 bits per heavy atom. The van der Waals surface area contributed by atoms with Crippen LogP contribution < -0.4 is 10.9 Å². The number of anilines is 1. The third-order valence-electron chi connectivity index (χ3n) is 2.34. The molecule has 0 fully saturated rings.